The van der Waals surface area contributed by atoms with Crippen molar-refractivity contribution in [1.29, 1.82) is 0 Å². The van der Waals surface area contributed by atoms with E-state index in [1.807, 2.05) is 6.92 Å². The first kappa shape index (κ1) is 13.0. The van der Waals surface area contributed by atoms with Crippen LogP contribution in [0.2, 0.25) is 5.02 Å². The molecule has 0 aromatic heterocycles. The van der Waals surface area contributed by atoms with E-state index < -0.39 is 0 Å². The Hall–Kier alpha value is -1.06. The van der Waals surface area contributed by atoms with E-state index in [-0.39, 0.29) is 11.7 Å². The second-order valence-corrected chi connectivity index (χ2v) is 3.99. The van der Waals surface area contributed by atoms with Crippen molar-refractivity contribution in [3.05, 3.63) is 28.8 Å². The number of Topliss-reactive ketones (excluding diaryl/α,β-unsaturated/α-hetero) is 1. The van der Waals surface area contributed by atoms with Gasteiger partial charge in [-0.2, -0.15) is 0 Å². The predicted molar refractivity (Wildman–Crippen MR) is 65.2 cm³/mol. The Morgan fingerprint density at radius 2 is 2.25 bits per heavy atom. The lowest BCUT2D eigenvalue weighted by atomic mass is 9.99. The maximum Gasteiger partial charge on any atom is 0.166 e. The van der Waals surface area contributed by atoms with E-state index in [4.69, 9.17) is 22.1 Å². The number of rotatable bonds is 5. The van der Waals surface area contributed by atoms with E-state index in [0.717, 1.165) is 0 Å². The summed E-state index contributed by atoms with van der Waals surface area (Å²) in [6.45, 7) is 4.56. The Bertz CT molecular complexity index is 379. The minimum atomic E-state index is -0.186. The first-order chi connectivity index (χ1) is 7.60. The third-order valence-corrected chi connectivity index (χ3v) is 2.61. The molecule has 1 aromatic rings. The van der Waals surface area contributed by atoms with Crippen molar-refractivity contribution in [3.63, 3.8) is 0 Å². The molecule has 16 heavy (non-hydrogen) atoms. The molecule has 0 bridgehead atoms. The zero-order valence-corrected chi connectivity index (χ0v) is 10.3. The number of halogens is 1. The maximum absolute atomic E-state index is 11.8. The monoisotopic (exact) mass is 241 g/mol. The average Bonchev–Trinajstić information content (AvgIpc) is 2.30. The second-order valence-electron chi connectivity index (χ2n) is 3.58. The molecule has 0 spiro atoms. The molecule has 0 aliphatic rings. The number of carbonyl (C=O) groups is 1. The smallest absolute Gasteiger partial charge is 0.166 e. The van der Waals surface area contributed by atoms with Gasteiger partial charge in [0.15, 0.2) is 5.78 Å². The fourth-order valence-electron chi connectivity index (χ4n) is 1.32. The van der Waals surface area contributed by atoms with Gasteiger partial charge in [-0.1, -0.05) is 18.5 Å². The molecule has 0 saturated carbocycles. The average molecular weight is 242 g/mol. The molecule has 0 aliphatic carbocycles. The fraction of sp³-hybridized carbons (Fsp3) is 0.417. The Labute approximate surface area is 101 Å². The third kappa shape index (κ3) is 2.97. The van der Waals surface area contributed by atoms with Gasteiger partial charge in [0, 0.05) is 18.0 Å². The molecular formula is C12H16ClNO2. The lowest BCUT2D eigenvalue weighted by Gasteiger charge is -2.10. The molecule has 1 rings (SSSR count). The van der Waals surface area contributed by atoms with E-state index in [0.29, 0.717) is 29.5 Å². The molecule has 0 heterocycles. The minimum absolute atomic E-state index is 0.00690. The van der Waals surface area contributed by atoms with Crippen LogP contribution >= 0.6 is 11.6 Å². The van der Waals surface area contributed by atoms with Crippen molar-refractivity contribution >= 4 is 17.4 Å². The Morgan fingerprint density at radius 1 is 1.56 bits per heavy atom. The van der Waals surface area contributed by atoms with Crippen LogP contribution in [-0.4, -0.2) is 18.9 Å². The highest BCUT2D eigenvalue weighted by atomic mass is 35.5. The zero-order chi connectivity index (χ0) is 12.1. The van der Waals surface area contributed by atoms with Gasteiger partial charge in [0.1, 0.15) is 5.75 Å². The largest absolute Gasteiger partial charge is 0.492 e. The highest BCUT2D eigenvalue weighted by Gasteiger charge is 2.14. The molecule has 0 fully saturated rings. The molecule has 88 valence electrons. The summed E-state index contributed by atoms with van der Waals surface area (Å²) in [6.07, 6.45) is 0. The lowest BCUT2D eigenvalue weighted by molar-refractivity contribution is 0.0934. The summed E-state index contributed by atoms with van der Waals surface area (Å²) in [5.74, 6) is 0.419. The van der Waals surface area contributed by atoms with Gasteiger partial charge in [-0.25, -0.2) is 0 Å². The molecule has 1 unspecified atom stereocenters. The molecule has 3 nitrogen and oxygen atoms in total. The number of nitrogens with two attached hydrogens (primary N) is 1. The molecule has 2 N–H and O–H groups in total. The molecule has 1 atom stereocenters. The highest BCUT2D eigenvalue weighted by Crippen LogP contribution is 2.26. The Morgan fingerprint density at radius 3 is 2.75 bits per heavy atom. The number of benzene rings is 1. The van der Waals surface area contributed by atoms with Crippen LogP contribution < -0.4 is 10.5 Å². The standard InChI is InChI=1S/C12H16ClNO2/c1-3-16-11-5-4-9(6-10(11)13)12(15)8(2)7-14/h4-6,8H,3,7,14H2,1-2H3. The number of ether oxygens (including phenoxy) is 1. The predicted octanol–water partition coefficient (Wildman–Crippen LogP) is 2.52. The van der Waals surface area contributed by atoms with Crippen LogP contribution in [0.5, 0.6) is 5.75 Å². The maximum atomic E-state index is 11.8. The number of carbonyl (C=O) groups excluding carboxylic acids is 1. The summed E-state index contributed by atoms with van der Waals surface area (Å²) in [5, 5.41) is 0.455. The van der Waals surface area contributed by atoms with Gasteiger partial charge in [-0.05, 0) is 25.1 Å². The zero-order valence-electron chi connectivity index (χ0n) is 9.50. The summed E-state index contributed by atoms with van der Waals surface area (Å²) in [5.41, 5.74) is 6.02. The summed E-state index contributed by atoms with van der Waals surface area (Å²) in [6, 6.07) is 5.05. The van der Waals surface area contributed by atoms with E-state index in [1.54, 1.807) is 25.1 Å². The quantitative estimate of drug-likeness (QED) is 0.806. The SMILES string of the molecule is CCOc1ccc(C(=O)C(C)CN)cc1Cl. The van der Waals surface area contributed by atoms with Gasteiger partial charge in [0.05, 0.1) is 11.6 Å². The van der Waals surface area contributed by atoms with Gasteiger partial charge in [-0.3, -0.25) is 4.79 Å². The second kappa shape index (κ2) is 5.87. The van der Waals surface area contributed by atoms with E-state index in [9.17, 15) is 4.79 Å². The van der Waals surface area contributed by atoms with Crippen LogP contribution in [0.3, 0.4) is 0 Å². The Kier molecular flexibility index (Phi) is 4.77. The van der Waals surface area contributed by atoms with Crippen LogP contribution in [0.1, 0.15) is 24.2 Å². The molecule has 1 aromatic carbocycles. The third-order valence-electron chi connectivity index (χ3n) is 2.32. The minimum Gasteiger partial charge on any atom is -0.492 e. The summed E-state index contributed by atoms with van der Waals surface area (Å²) >= 11 is 5.99. The fourth-order valence-corrected chi connectivity index (χ4v) is 1.55. The van der Waals surface area contributed by atoms with Gasteiger partial charge in [-0.15, -0.1) is 0 Å². The molecule has 0 amide bonds. The molecular weight excluding hydrogens is 226 g/mol. The van der Waals surface area contributed by atoms with Crippen molar-refractivity contribution in [1.82, 2.24) is 0 Å². The summed E-state index contributed by atoms with van der Waals surface area (Å²) in [4.78, 5) is 11.8. The first-order valence-corrected chi connectivity index (χ1v) is 5.64. The number of ketones is 1. The van der Waals surface area contributed by atoms with Crippen LogP contribution in [0.25, 0.3) is 0 Å². The number of hydrogen-bond acceptors (Lipinski definition) is 3. The van der Waals surface area contributed by atoms with Crippen molar-refractivity contribution < 1.29 is 9.53 Å². The van der Waals surface area contributed by atoms with Gasteiger partial charge in [0.25, 0.3) is 0 Å². The van der Waals surface area contributed by atoms with Crippen molar-refractivity contribution in [2.75, 3.05) is 13.2 Å². The summed E-state index contributed by atoms with van der Waals surface area (Å²) < 4.78 is 5.29. The van der Waals surface area contributed by atoms with E-state index in [1.165, 1.54) is 0 Å². The van der Waals surface area contributed by atoms with E-state index in [2.05, 4.69) is 0 Å². The lowest BCUT2D eigenvalue weighted by Crippen LogP contribution is -2.20. The first-order valence-electron chi connectivity index (χ1n) is 5.26. The topological polar surface area (TPSA) is 52.3 Å². The van der Waals surface area contributed by atoms with Crippen molar-refractivity contribution in [2.45, 2.75) is 13.8 Å². The summed E-state index contributed by atoms with van der Waals surface area (Å²) in [7, 11) is 0. The van der Waals surface area contributed by atoms with Crippen molar-refractivity contribution in [2.24, 2.45) is 11.7 Å². The van der Waals surface area contributed by atoms with Gasteiger partial charge >= 0.3 is 0 Å². The molecule has 0 saturated heterocycles. The Balaban J connectivity index is 2.92. The molecule has 0 radical (unpaired) electrons. The van der Waals surface area contributed by atoms with Gasteiger partial charge in [0.2, 0.25) is 0 Å². The normalized spacial score (nSPS) is 12.2. The van der Waals surface area contributed by atoms with Gasteiger partial charge < -0.3 is 10.5 Å². The van der Waals surface area contributed by atoms with E-state index >= 15 is 0 Å². The van der Waals surface area contributed by atoms with Crippen LogP contribution in [0, 0.1) is 5.92 Å². The highest BCUT2D eigenvalue weighted by molar-refractivity contribution is 6.32. The number of hydrogen-bond donors (Lipinski definition) is 1. The van der Waals surface area contributed by atoms with Crippen LogP contribution in [0.4, 0.5) is 0 Å². The van der Waals surface area contributed by atoms with Crippen LogP contribution in [0.15, 0.2) is 18.2 Å². The molecule has 4 heteroatoms. The van der Waals surface area contributed by atoms with Crippen molar-refractivity contribution in [3.8, 4) is 5.75 Å². The molecule has 0 aliphatic heterocycles. The van der Waals surface area contributed by atoms with Crippen LogP contribution in [-0.2, 0) is 0 Å².